The summed E-state index contributed by atoms with van der Waals surface area (Å²) in [5, 5.41) is 0. The highest BCUT2D eigenvalue weighted by molar-refractivity contribution is 5.53. The van der Waals surface area contributed by atoms with E-state index in [1.54, 1.807) is 20.2 Å². The highest BCUT2D eigenvalue weighted by Gasteiger charge is 2.39. The summed E-state index contributed by atoms with van der Waals surface area (Å²) in [4.78, 5) is 6.16. The lowest BCUT2D eigenvalue weighted by Crippen LogP contribution is -2.57. The van der Waals surface area contributed by atoms with Crippen LogP contribution in [0, 0.1) is 6.92 Å². The number of ether oxygens (including phenoxy) is 1. The Morgan fingerprint density at radius 3 is 2.73 bits per heavy atom. The summed E-state index contributed by atoms with van der Waals surface area (Å²) in [5.41, 5.74) is 0.718. The number of anilines is 1. The Morgan fingerprint density at radius 2 is 2.20 bits per heavy atom. The number of aromatic nitrogens is 1. The Kier molecular flexibility index (Phi) is 2.29. The SMILES string of the molecule is COc1cc(N2CC(C)(F)C2)cnc1C. The molecule has 0 atom stereocenters. The molecule has 0 unspecified atom stereocenters. The third-order valence-corrected chi connectivity index (χ3v) is 2.65. The first-order valence-electron chi connectivity index (χ1n) is 4.96. The minimum Gasteiger partial charge on any atom is -0.495 e. The average Bonchev–Trinajstić information content (AvgIpc) is 2.15. The van der Waals surface area contributed by atoms with Crippen LogP contribution < -0.4 is 9.64 Å². The molecule has 0 amide bonds. The molecule has 0 spiro atoms. The number of pyridine rings is 1. The zero-order valence-corrected chi connectivity index (χ0v) is 9.25. The maximum Gasteiger partial charge on any atom is 0.142 e. The van der Waals surface area contributed by atoms with E-state index in [0.717, 1.165) is 17.1 Å². The molecule has 0 radical (unpaired) electrons. The van der Waals surface area contributed by atoms with Crippen LogP contribution >= 0.6 is 0 Å². The molecular formula is C11H15FN2O. The molecule has 1 saturated heterocycles. The Balaban J connectivity index is 2.17. The van der Waals surface area contributed by atoms with Crippen LogP contribution in [0.4, 0.5) is 10.1 Å². The first-order valence-corrected chi connectivity index (χ1v) is 4.96. The van der Waals surface area contributed by atoms with Gasteiger partial charge in [-0.25, -0.2) is 4.39 Å². The Bertz CT molecular complexity index is 371. The van der Waals surface area contributed by atoms with Gasteiger partial charge in [-0.05, 0) is 13.8 Å². The van der Waals surface area contributed by atoms with Crippen LogP contribution in [-0.4, -0.2) is 30.9 Å². The van der Waals surface area contributed by atoms with Crippen LogP contribution in [0.25, 0.3) is 0 Å². The molecule has 1 aromatic rings. The van der Waals surface area contributed by atoms with Gasteiger partial charge in [0.05, 0.1) is 37.8 Å². The predicted molar refractivity (Wildman–Crippen MR) is 57.3 cm³/mol. The number of alkyl halides is 1. The van der Waals surface area contributed by atoms with Gasteiger partial charge in [0.15, 0.2) is 0 Å². The van der Waals surface area contributed by atoms with Crippen molar-refractivity contribution in [2.75, 3.05) is 25.1 Å². The van der Waals surface area contributed by atoms with Crippen molar-refractivity contribution in [2.24, 2.45) is 0 Å². The van der Waals surface area contributed by atoms with Gasteiger partial charge in [-0.3, -0.25) is 4.98 Å². The van der Waals surface area contributed by atoms with Gasteiger partial charge in [0.2, 0.25) is 0 Å². The van der Waals surface area contributed by atoms with E-state index in [4.69, 9.17) is 4.74 Å². The third kappa shape index (κ3) is 1.89. The van der Waals surface area contributed by atoms with Crippen molar-refractivity contribution in [1.29, 1.82) is 0 Å². The lowest BCUT2D eigenvalue weighted by molar-refractivity contribution is 0.144. The van der Waals surface area contributed by atoms with Crippen molar-refractivity contribution in [2.45, 2.75) is 19.5 Å². The number of methoxy groups -OCH3 is 1. The fraction of sp³-hybridized carbons (Fsp3) is 0.545. The van der Waals surface area contributed by atoms with E-state index in [-0.39, 0.29) is 0 Å². The van der Waals surface area contributed by atoms with E-state index in [2.05, 4.69) is 4.98 Å². The summed E-state index contributed by atoms with van der Waals surface area (Å²) in [7, 11) is 1.61. The predicted octanol–water partition coefficient (Wildman–Crippen LogP) is 1.95. The molecule has 0 aliphatic carbocycles. The Labute approximate surface area is 88.9 Å². The summed E-state index contributed by atoms with van der Waals surface area (Å²) in [6.45, 7) is 4.36. The van der Waals surface area contributed by atoms with Gasteiger partial charge in [0, 0.05) is 6.07 Å². The summed E-state index contributed by atoms with van der Waals surface area (Å²) in [6.07, 6.45) is 1.76. The van der Waals surface area contributed by atoms with Gasteiger partial charge in [0.1, 0.15) is 11.4 Å². The number of hydrogen-bond donors (Lipinski definition) is 0. The molecule has 2 rings (SSSR count). The first kappa shape index (κ1) is 10.2. The van der Waals surface area contributed by atoms with Crippen molar-refractivity contribution in [3.8, 4) is 5.75 Å². The van der Waals surface area contributed by atoms with E-state index in [9.17, 15) is 4.39 Å². The average molecular weight is 210 g/mol. The van der Waals surface area contributed by atoms with E-state index >= 15 is 0 Å². The second-order valence-electron chi connectivity index (χ2n) is 4.25. The molecule has 1 aromatic heterocycles. The Morgan fingerprint density at radius 1 is 1.53 bits per heavy atom. The van der Waals surface area contributed by atoms with Crippen molar-refractivity contribution in [3.63, 3.8) is 0 Å². The molecule has 0 aromatic carbocycles. The van der Waals surface area contributed by atoms with Crippen molar-refractivity contribution in [1.82, 2.24) is 4.98 Å². The maximum atomic E-state index is 13.3. The van der Waals surface area contributed by atoms with E-state index in [1.165, 1.54) is 0 Å². The molecule has 4 heteroatoms. The van der Waals surface area contributed by atoms with Gasteiger partial charge in [-0.15, -0.1) is 0 Å². The summed E-state index contributed by atoms with van der Waals surface area (Å²) < 4.78 is 18.5. The highest BCUT2D eigenvalue weighted by Crippen LogP contribution is 2.32. The standard InChI is InChI=1S/C11H15FN2O/c1-8-10(15-3)4-9(5-13-8)14-6-11(2,12)7-14/h4-5H,6-7H2,1-3H3. The van der Waals surface area contributed by atoms with Crippen molar-refractivity contribution < 1.29 is 9.13 Å². The molecule has 82 valence electrons. The van der Waals surface area contributed by atoms with Gasteiger partial charge >= 0.3 is 0 Å². The normalized spacial score (nSPS) is 18.5. The van der Waals surface area contributed by atoms with Crippen LogP contribution in [0.1, 0.15) is 12.6 Å². The van der Waals surface area contributed by atoms with Gasteiger partial charge in [-0.2, -0.15) is 0 Å². The zero-order chi connectivity index (χ0) is 11.1. The molecule has 1 fully saturated rings. The number of halogens is 1. The molecule has 1 aliphatic rings. The number of aryl methyl sites for hydroxylation is 1. The molecule has 0 N–H and O–H groups in total. The Hall–Kier alpha value is -1.32. The molecule has 1 aliphatic heterocycles. The molecule has 2 heterocycles. The number of hydrogen-bond acceptors (Lipinski definition) is 3. The second kappa shape index (κ2) is 3.36. The van der Waals surface area contributed by atoms with Gasteiger partial charge in [-0.1, -0.05) is 0 Å². The fourth-order valence-electron chi connectivity index (χ4n) is 1.81. The van der Waals surface area contributed by atoms with Crippen LogP contribution in [0.3, 0.4) is 0 Å². The smallest absolute Gasteiger partial charge is 0.142 e. The number of rotatable bonds is 2. The van der Waals surface area contributed by atoms with Crippen LogP contribution in [0.5, 0.6) is 5.75 Å². The van der Waals surface area contributed by atoms with Crippen molar-refractivity contribution >= 4 is 5.69 Å². The summed E-state index contributed by atoms with van der Waals surface area (Å²) >= 11 is 0. The molecule has 0 bridgehead atoms. The molecule has 15 heavy (non-hydrogen) atoms. The minimum absolute atomic E-state index is 0.431. The zero-order valence-electron chi connectivity index (χ0n) is 9.25. The number of nitrogens with zero attached hydrogens (tertiary/aromatic N) is 2. The van der Waals surface area contributed by atoms with Crippen molar-refractivity contribution in [3.05, 3.63) is 18.0 Å². The lowest BCUT2D eigenvalue weighted by atomic mass is 9.98. The third-order valence-electron chi connectivity index (χ3n) is 2.65. The van der Waals surface area contributed by atoms with Crippen LogP contribution in [0.15, 0.2) is 12.3 Å². The fourth-order valence-corrected chi connectivity index (χ4v) is 1.81. The van der Waals surface area contributed by atoms with Crippen LogP contribution in [-0.2, 0) is 0 Å². The highest BCUT2D eigenvalue weighted by atomic mass is 19.1. The van der Waals surface area contributed by atoms with Crippen LogP contribution in [0.2, 0.25) is 0 Å². The van der Waals surface area contributed by atoms with E-state index < -0.39 is 5.67 Å². The monoisotopic (exact) mass is 210 g/mol. The second-order valence-corrected chi connectivity index (χ2v) is 4.25. The maximum absolute atomic E-state index is 13.3. The first-order chi connectivity index (χ1) is 7.02. The van der Waals surface area contributed by atoms with Gasteiger partial charge < -0.3 is 9.64 Å². The van der Waals surface area contributed by atoms with E-state index in [0.29, 0.717) is 13.1 Å². The lowest BCUT2D eigenvalue weighted by Gasteiger charge is -2.43. The topological polar surface area (TPSA) is 25.4 Å². The summed E-state index contributed by atoms with van der Waals surface area (Å²) in [5.74, 6) is 0.750. The molecular weight excluding hydrogens is 195 g/mol. The minimum atomic E-state index is -1.06. The summed E-state index contributed by atoms with van der Waals surface area (Å²) in [6, 6.07) is 1.90. The largest absolute Gasteiger partial charge is 0.495 e. The molecule has 3 nitrogen and oxygen atoms in total. The molecule has 0 saturated carbocycles. The quantitative estimate of drug-likeness (QED) is 0.746. The van der Waals surface area contributed by atoms with E-state index in [1.807, 2.05) is 17.9 Å². The van der Waals surface area contributed by atoms with Gasteiger partial charge in [0.25, 0.3) is 0 Å².